The van der Waals surface area contributed by atoms with Gasteiger partial charge in [-0.25, -0.2) is 0 Å². The van der Waals surface area contributed by atoms with Crippen LogP contribution in [-0.4, -0.2) is 27.5 Å². The Morgan fingerprint density at radius 2 is 2.00 bits per heavy atom. The van der Waals surface area contributed by atoms with Crippen LogP contribution >= 0.6 is 23.1 Å². The number of nitrogens with one attached hydrogen (secondary N) is 1. The van der Waals surface area contributed by atoms with E-state index in [4.69, 9.17) is 0 Å². The third-order valence-corrected chi connectivity index (χ3v) is 5.38. The number of piperidine rings is 1. The summed E-state index contributed by atoms with van der Waals surface area (Å²) in [7, 11) is 0. The van der Waals surface area contributed by atoms with Crippen molar-refractivity contribution in [3.63, 3.8) is 0 Å². The van der Waals surface area contributed by atoms with Crippen molar-refractivity contribution in [2.45, 2.75) is 54.3 Å². The minimum Gasteiger partial charge on any atom is -0.311 e. The molecule has 5 heteroatoms. The smallest absolute Gasteiger partial charge is 0.174 e. The molecule has 3 rings (SSSR count). The minimum absolute atomic E-state index is 0.760. The lowest BCUT2D eigenvalue weighted by Gasteiger charge is -2.27. The van der Waals surface area contributed by atoms with Gasteiger partial charge in [0.05, 0.1) is 0 Å². The molecule has 2 atom stereocenters. The number of fused-ring (bicyclic) bond motifs is 2. The van der Waals surface area contributed by atoms with Gasteiger partial charge in [-0.2, -0.15) is 0 Å². The lowest BCUT2D eigenvalue weighted by Crippen LogP contribution is -2.39. The van der Waals surface area contributed by atoms with Crippen LogP contribution in [-0.2, 0) is 0 Å². The summed E-state index contributed by atoms with van der Waals surface area (Å²) in [6.07, 6.45) is 5.35. The van der Waals surface area contributed by atoms with Crippen LogP contribution in [0.4, 0.5) is 0 Å². The van der Waals surface area contributed by atoms with Crippen molar-refractivity contribution in [3.05, 3.63) is 5.01 Å². The van der Waals surface area contributed by atoms with E-state index in [9.17, 15) is 0 Å². The molecule has 15 heavy (non-hydrogen) atoms. The first-order chi connectivity index (χ1) is 7.29. The van der Waals surface area contributed by atoms with Crippen LogP contribution in [0.5, 0.6) is 0 Å². The van der Waals surface area contributed by atoms with Gasteiger partial charge in [-0.15, -0.1) is 10.2 Å². The Balaban J connectivity index is 1.64. The third-order valence-electron chi connectivity index (χ3n) is 3.20. The Labute approximate surface area is 98.1 Å². The topological polar surface area (TPSA) is 37.8 Å². The lowest BCUT2D eigenvalue weighted by atomic mass is 10.1. The fraction of sp³-hybridized carbons (Fsp3) is 0.800. The van der Waals surface area contributed by atoms with E-state index in [1.165, 1.54) is 25.7 Å². The number of rotatable bonds is 2. The molecule has 0 unspecified atom stereocenters. The molecule has 3 heterocycles. The summed E-state index contributed by atoms with van der Waals surface area (Å²) >= 11 is 3.66. The number of hydrogen-bond donors (Lipinski definition) is 1. The Morgan fingerprint density at radius 3 is 2.60 bits per heavy atom. The second-order valence-corrected chi connectivity index (χ2v) is 7.17. The van der Waals surface area contributed by atoms with E-state index >= 15 is 0 Å². The molecule has 0 aliphatic carbocycles. The van der Waals surface area contributed by atoms with Crippen molar-refractivity contribution >= 4 is 23.1 Å². The Kier molecular flexibility index (Phi) is 2.70. The predicted octanol–water partition coefficient (Wildman–Crippen LogP) is 2.22. The number of aryl methyl sites for hydroxylation is 1. The molecule has 0 radical (unpaired) electrons. The van der Waals surface area contributed by atoms with Gasteiger partial charge >= 0.3 is 0 Å². The van der Waals surface area contributed by atoms with Gasteiger partial charge < -0.3 is 5.32 Å². The Bertz CT molecular complexity index is 340. The highest BCUT2D eigenvalue weighted by Gasteiger charge is 2.34. The zero-order valence-electron chi connectivity index (χ0n) is 8.77. The average molecular weight is 241 g/mol. The van der Waals surface area contributed by atoms with Gasteiger partial charge in [0.2, 0.25) is 0 Å². The van der Waals surface area contributed by atoms with Gasteiger partial charge in [0.1, 0.15) is 5.01 Å². The molecule has 0 saturated carbocycles. The fourth-order valence-corrected chi connectivity index (χ4v) is 4.98. The van der Waals surface area contributed by atoms with Crippen molar-refractivity contribution in [1.82, 2.24) is 15.5 Å². The molecular weight excluding hydrogens is 226 g/mol. The fourth-order valence-electron chi connectivity index (χ4n) is 2.57. The lowest BCUT2D eigenvalue weighted by molar-refractivity contribution is 0.415. The molecule has 82 valence electrons. The van der Waals surface area contributed by atoms with Gasteiger partial charge in [-0.1, -0.05) is 23.1 Å². The molecule has 2 bridgehead atoms. The summed E-state index contributed by atoms with van der Waals surface area (Å²) in [6.45, 7) is 2.02. The van der Waals surface area contributed by atoms with Crippen molar-refractivity contribution in [3.8, 4) is 0 Å². The Hall–Kier alpha value is -0.130. The van der Waals surface area contributed by atoms with Crippen LogP contribution in [0.3, 0.4) is 0 Å². The van der Waals surface area contributed by atoms with Crippen LogP contribution in [0.25, 0.3) is 0 Å². The molecule has 1 aromatic rings. The molecular formula is C10H15N3S2. The molecule has 2 fully saturated rings. The highest BCUT2D eigenvalue weighted by atomic mass is 32.2. The van der Waals surface area contributed by atoms with Crippen LogP contribution in [0.1, 0.15) is 30.7 Å². The molecule has 1 N–H and O–H groups in total. The van der Waals surface area contributed by atoms with E-state index in [1.807, 2.05) is 18.7 Å². The zero-order valence-corrected chi connectivity index (χ0v) is 10.4. The quantitative estimate of drug-likeness (QED) is 0.861. The van der Waals surface area contributed by atoms with Crippen molar-refractivity contribution < 1.29 is 0 Å². The van der Waals surface area contributed by atoms with Gasteiger partial charge in [0, 0.05) is 17.3 Å². The third kappa shape index (κ3) is 2.19. The van der Waals surface area contributed by atoms with Crippen molar-refractivity contribution in [2.75, 3.05) is 0 Å². The minimum atomic E-state index is 0.760. The summed E-state index contributed by atoms with van der Waals surface area (Å²) in [5.41, 5.74) is 0. The maximum Gasteiger partial charge on any atom is 0.174 e. The second-order valence-electron chi connectivity index (χ2n) is 4.44. The largest absolute Gasteiger partial charge is 0.311 e. The maximum absolute atomic E-state index is 4.19. The molecule has 2 aliphatic heterocycles. The molecule has 3 nitrogen and oxygen atoms in total. The van der Waals surface area contributed by atoms with Crippen LogP contribution < -0.4 is 5.32 Å². The number of hydrogen-bond acceptors (Lipinski definition) is 5. The zero-order chi connectivity index (χ0) is 10.3. The maximum atomic E-state index is 4.19. The van der Waals surface area contributed by atoms with E-state index in [1.54, 1.807) is 11.3 Å². The number of nitrogens with zero attached hydrogens (tertiary/aromatic N) is 2. The molecule has 2 aliphatic rings. The molecule has 0 amide bonds. The van der Waals surface area contributed by atoms with E-state index < -0.39 is 0 Å². The van der Waals surface area contributed by atoms with Crippen LogP contribution in [0.2, 0.25) is 0 Å². The van der Waals surface area contributed by atoms with E-state index in [-0.39, 0.29) is 0 Å². The monoisotopic (exact) mass is 241 g/mol. The summed E-state index contributed by atoms with van der Waals surface area (Å²) in [5.74, 6) is 0. The van der Waals surface area contributed by atoms with Gasteiger partial charge in [-0.05, 0) is 32.6 Å². The standard InChI is InChI=1S/C10H15N3S2/c1-6-12-13-10(14-6)15-9-4-7-2-3-8(5-9)11-7/h7-9,11H,2-5H2,1H3/t7-,8-/m1/s1. The summed E-state index contributed by atoms with van der Waals surface area (Å²) in [4.78, 5) is 0. The molecule has 0 spiro atoms. The summed E-state index contributed by atoms with van der Waals surface area (Å²) in [6, 6.07) is 1.55. The van der Waals surface area contributed by atoms with Gasteiger partial charge in [-0.3, -0.25) is 0 Å². The number of aromatic nitrogens is 2. The van der Waals surface area contributed by atoms with Crippen molar-refractivity contribution in [1.29, 1.82) is 0 Å². The molecule has 0 aromatic carbocycles. The first kappa shape index (κ1) is 10.1. The first-order valence-corrected chi connectivity index (χ1v) is 7.22. The van der Waals surface area contributed by atoms with Crippen LogP contribution in [0.15, 0.2) is 4.34 Å². The van der Waals surface area contributed by atoms with Gasteiger partial charge in [0.25, 0.3) is 0 Å². The second kappa shape index (κ2) is 4.03. The number of thioether (sulfide) groups is 1. The molecule has 1 aromatic heterocycles. The molecule has 2 saturated heterocycles. The van der Waals surface area contributed by atoms with Crippen LogP contribution in [0, 0.1) is 6.92 Å². The van der Waals surface area contributed by atoms with E-state index in [2.05, 4.69) is 15.5 Å². The average Bonchev–Trinajstić information content (AvgIpc) is 2.74. The highest BCUT2D eigenvalue weighted by molar-refractivity contribution is 8.01. The van der Waals surface area contributed by atoms with E-state index in [0.29, 0.717) is 0 Å². The normalized spacial score (nSPS) is 34.6. The van der Waals surface area contributed by atoms with E-state index in [0.717, 1.165) is 26.7 Å². The SMILES string of the molecule is Cc1nnc(SC2C[C@H]3CC[C@H](C2)N3)s1. The van der Waals surface area contributed by atoms with Crippen molar-refractivity contribution in [2.24, 2.45) is 0 Å². The highest BCUT2D eigenvalue weighted by Crippen LogP contribution is 2.37. The predicted molar refractivity (Wildman–Crippen MR) is 63.5 cm³/mol. The summed E-state index contributed by atoms with van der Waals surface area (Å²) in [5, 5.41) is 13.8. The van der Waals surface area contributed by atoms with Gasteiger partial charge in [0.15, 0.2) is 4.34 Å². The first-order valence-electron chi connectivity index (χ1n) is 5.52. The summed E-state index contributed by atoms with van der Waals surface area (Å²) < 4.78 is 1.15. The Morgan fingerprint density at radius 1 is 1.27 bits per heavy atom.